The Hall–Kier alpha value is -1.86. The Bertz CT molecular complexity index is 762. The molecule has 0 unspecified atom stereocenters. The van der Waals surface area contributed by atoms with Gasteiger partial charge in [0.15, 0.2) is 0 Å². The van der Waals surface area contributed by atoms with Crippen molar-refractivity contribution >= 4 is 10.0 Å². The van der Waals surface area contributed by atoms with Gasteiger partial charge in [-0.1, -0.05) is 0 Å². The van der Waals surface area contributed by atoms with Gasteiger partial charge in [0, 0.05) is 17.3 Å². The zero-order valence-electron chi connectivity index (χ0n) is 13.4. The Morgan fingerprint density at radius 2 is 1.95 bits per heavy atom. The van der Waals surface area contributed by atoms with Gasteiger partial charge < -0.3 is 4.74 Å². The van der Waals surface area contributed by atoms with Gasteiger partial charge in [0.05, 0.1) is 17.7 Å². The standard InChI is InChI=1S/C15H21N3O3S/c1-9-8-13(21-5)6-7-14(9)22(19,20)18-12(4)15-10(2)16-17-11(15)3/h6-8,12,18H,1-5H3,(H,16,17)/t12-/m0/s1. The van der Waals surface area contributed by atoms with Crippen molar-refractivity contribution in [2.24, 2.45) is 0 Å². The highest BCUT2D eigenvalue weighted by Crippen LogP contribution is 2.24. The maximum Gasteiger partial charge on any atom is 0.241 e. The van der Waals surface area contributed by atoms with Crippen LogP contribution in [-0.4, -0.2) is 25.7 Å². The second-order valence-corrected chi connectivity index (χ2v) is 7.00. The average Bonchev–Trinajstić information content (AvgIpc) is 2.77. The molecule has 120 valence electrons. The van der Waals surface area contributed by atoms with E-state index in [1.165, 1.54) is 0 Å². The molecule has 1 heterocycles. The molecule has 0 radical (unpaired) electrons. The fraction of sp³-hybridized carbons (Fsp3) is 0.400. The van der Waals surface area contributed by atoms with Gasteiger partial charge in [-0.2, -0.15) is 5.10 Å². The number of aromatic amines is 1. The van der Waals surface area contributed by atoms with Gasteiger partial charge in [0.1, 0.15) is 5.75 Å². The summed E-state index contributed by atoms with van der Waals surface area (Å²) in [6.45, 7) is 7.28. The van der Waals surface area contributed by atoms with Crippen LogP contribution in [0.5, 0.6) is 5.75 Å². The van der Waals surface area contributed by atoms with E-state index in [9.17, 15) is 8.42 Å². The van der Waals surface area contributed by atoms with Gasteiger partial charge in [-0.15, -0.1) is 0 Å². The summed E-state index contributed by atoms with van der Waals surface area (Å²) in [5.74, 6) is 0.631. The van der Waals surface area contributed by atoms with Crippen molar-refractivity contribution in [1.82, 2.24) is 14.9 Å². The number of sulfonamides is 1. The molecule has 0 amide bonds. The quantitative estimate of drug-likeness (QED) is 0.885. The third kappa shape index (κ3) is 3.15. The van der Waals surface area contributed by atoms with Crippen molar-refractivity contribution in [2.45, 2.75) is 38.6 Å². The first-order chi connectivity index (χ1) is 10.3. The van der Waals surface area contributed by atoms with E-state index in [1.54, 1.807) is 39.2 Å². The SMILES string of the molecule is COc1ccc(S(=O)(=O)N[C@@H](C)c2c(C)n[nH]c2C)c(C)c1. The highest BCUT2D eigenvalue weighted by Gasteiger charge is 2.23. The number of hydrogen-bond donors (Lipinski definition) is 2. The van der Waals surface area contributed by atoms with Gasteiger partial charge in [0.2, 0.25) is 10.0 Å². The number of aromatic nitrogens is 2. The number of ether oxygens (including phenoxy) is 1. The van der Waals surface area contributed by atoms with E-state index in [2.05, 4.69) is 14.9 Å². The van der Waals surface area contributed by atoms with E-state index < -0.39 is 10.0 Å². The van der Waals surface area contributed by atoms with Crippen LogP contribution in [0.2, 0.25) is 0 Å². The molecule has 2 rings (SSSR count). The highest BCUT2D eigenvalue weighted by molar-refractivity contribution is 7.89. The third-order valence-corrected chi connectivity index (χ3v) is 5.32. The summed E-state index contributed by atoms with van der Waals surface area (Å²) in [6.07, 6.45) is 0. The summed E-state index contributed by atoms with van der Waals surface area (Å²) < 4.78 is 33.0. The molecule has 1 aromatic heterocycles. The molecule has 0 fully saturated rings. The molecule has 1 aromatic carbocycles. The third-order valence-electron chi connectivity index (χ3n) is 3.62. The Morgan fingerprint density at radius 1 is 1.27 bits per heavy atom. The molecule has 6 nitrogen and oxygen atoms in total. The van der Waals surface area contributed by atoms with Crippen LogP contribution in [0.1, 0.15) is 35.5 Å². The van der Waals surface area contributed by atoms with Crippen LogP contribution in [0.25, 0.3) is 0 Å². The number of benzene rings is 1. The fourth-order valence-electron chi connectivity index (χ4n) is 2.60. The zero-order valence-corrected chi connectivity index (χ0v) is 14.2. The summed E-state index contributed by atoms with van der Waals surface area (Å²) in [5.41, 5.74) is 3.16. The molecule has 2 aromatic rings. The molecule has 22 heavy (non-hydrogen) atoms. The minimum Gasteiger partial charge on any atom is -0.497 e. The Labute approximate surface area is 130 Å². The molecule has 7 heteroatoms. The van der Waals surface area contributed by atoms with Crippen LogP contribution < -0.4 is 9.46 Å². The second-order valence-electron chi connectivity index (χ2n) is 5.32. The smallest absolute Gasteiger partial charge is 0.241 e. The van der Waals surface area contributed by atoms with Gasteiger partial charge in [0.25, 0.3) is 0 Å². The first kappa shape index (κ1) is 16.5. The second kappa shape index (κ2) is 6.10. The summed E-state index contributed by atoms with van der Waals surface area (Å²) in [5, 5.41) is 6.97. The van der Waals surface area contributed by atoms with Crippen molar-refractivity contribution in [3.05, 3.63) is 40.7 Å². The summed E-state index contributed by atoms with van der Waals surface area (Å²) in [7, 11) is -2.07. The van der Waals surface area contributed by atoms with Crippen LogP contribution >= 0.6 is 0 Å². The van der Waals surface area contributed by atoms with Crippen LogP contribution in [-0.2, 0) is 10.0 Å². The largest absolute Gasteiger partial charge is 0.497 e. The van der Waals surface area contributed by atoms with E-state index in [4.69, 9.17) is 4.74 Å². The van der Waals surface area contributed by atoms with Gasteiger partial charge in [-0.25, -0.2) is 13.1 Å². The van der Waals surface area contributed by atoms with E-state index in [0.29, 0.717) is 11.3 Å². The van der Waals surface area contributed by atoms with Gasteiger partial charge in [-0.05, 0) is 51.5 Å². The van der Waals surface area contributed by atoms with Crippen molar-refractivity contribution in [1.29, 1.82) is 0 Å². The number of nitrogens with zero attached hydrogens (tertiary/aromatic N) is 1. The number of rotatable bonds is 5. The van der Waals surface area contributed by atoms with Crippen molar-refractivity contribution in [2.75, 3.05) is 7.11 Å². The molecule has 0 aliphatic carbocycles. The number of H-pyrrole nitrogens is 1. The number of hydrogen-bond acceptors (Lipinski definition) is 4. The highest BCUT2D eigenvalue weighted by atomic mass is 32.2. The molecule has 0 saturated heterocycles. The minimum absolute atomic E-state index is 0.249. The molecular formula is C15H21N3O3S. The molecule has 0 saturated carbocycles. The first-order valence-electron chi connectivity index (χ1n) is 6.94. The van der Waals surface area contributed by atoms with Crippen LogP contribution in [0, 0.1) is 20.8 Å². The lowest BCUT2D eigenvalue weighted by Gasteiger charge is -2.16. The van der Waals surface area contributed by atoms with Crippen LogP contribution in [0.4, 0.5) is 0 Å². The lowest BCUT2D eigenvalue weighted by atomic mass is 10.1. The number of methoxy groups -OCH3 is 1. The lowest BCUT2D eigenvalue weighted by Crippen LogP contribution is -2.28. The topological polar surface area (TPSA) is 84.1 Å². The Kier molecular flexibility index (Phi) is 4.58. The molecule has 0 aliphatic heterocycles. The number of aryl methyl sites for hydroxylation is 3. The maximum absolute atomic E-state index is 12.6. The molecule has 0 aliphatic rings. The summed E-state index contributed by atoms with van der Waals surface area (Å²) >= 11 is 0. The molecule has 0 spiro atoms. The Balaban J connectivity index is 2.32. The molecular weight excluding hydrogens is 302 g/mol. The number of nitrogens with one attached hydrogen (secondary N) is 2. The van der Waals surface area contributed by atoms with E-state index in [0.717, 1.165) is 17.0 Å². The van der Waals surface area contributed by atoms with Crippen LogP contribution in [0.15, 0.2) is 23.1 Å². The average molecular weight is 323 g/mol. The Morgan fingerprint density at radius 3 is 2.45 bits per heavy atom. The maximum atomic E-state index is 12.6. The van der Waals surface area contributed by atoms with E-state index >= 15 is 0 Å². The monoisotopic (exact) mass is 323 g/mol. The molecule has 1 atom stereocenters. The van der Waals surface area contributed by atoms with Crippen molar-refractivity contribution < 1.29 is 13.2 Å². The normalized spacial score (nSPS) is 13.1. The van der Waals surface area contributed by atoms with E-state index in [-0.39, 0.29) is 10.9 Å². The summed E-state index contributed by atoms with van der Waals surface area (Å²) in [6, 6.07) is 4.53. The molecule has 0 bridgehead atoms. The minimum atomic E-state index is -3.62. The predicted octanol–water partition coefficient (Wildman–Crippen LogP) is 2.38. The van der Waals surface area contributed by atoms with Crippen molar-refractivity contribution in [3.63, 3.8) is 0 Å². The van der Waals surface area contributed by atoms with Crippen LogP contribution in [0.3, 0.4) is 0 Å². The lowest BCUT2D eigenvalue weighted by molar-refractivity contribution is 0.414. The first-order valence-corrected chi connectivity index (χ1v) is 8.43. The predicted molar refractivity (Wildman–Crippen MR) is 84.5 cm³/mol. The van der Waals surface area contributed by atoms with Crippen molar-refractivity contribution in [3.8, 4) is 5.75 Å². The van der Waals surface area contributed by atoms with E-state index in [1.807, 2.05) is 13.8 Å². The van der Waals surface area contributed by atoms with Gasteiger partial charge >= 0.3 is 0 Å². The van der Waals surface area contributed by atoms with Gasteiger partial charge in [-0.3, -0.25) is 5.10 Å². The summed E-state index contributed by atoms with van der Waals surface area (Å²) in [4.78, 5) is 0.249. The zero-order chi connectivity index (χ0) is 16.5. The fourth-order valence-corrected chi connectivity index (χ4v) is 4.04. The molecule has 2 N–H and O–H groups in total.